The second kappa shape index (κ2) is 6.09. The summed E-state index contributed by atoms with van der Waals surface area (Å²) in [5, 5.41) is 2.69. The number of nitrogens with two attached hydrogens (primary N) is 1. The average molecular weight is 284 g/mol. The first-order chi connectivity index (χ1) is 10.0. The second-order valence-corrected chi connectivity index (χ2v) is 4.53. The van der Waals surface area contributed by atoms with E-state index >= 15 is 0 Å². The highest BCUT2D eigenvalue weighted by atomic mass is 16.5. The Kier molecular flexibility index (Phi) is 4.23. The summed E-state index contributed by atoms with van der Waals surface area (Å²) < 4.78 is 4.69. The molecule has 0 atom stereocenters. The van der Waals surface area contributed by atoms with Crippen LogP contribution in [-0.4, -0.2) is 19.0 Å². The van der Waals surface area contributed by atoms with E-state index in [1.54, 1.807) is 36.4 Å². The molecule has 0 saturated heterocycles. The first-order valence-electron chi connectivity index (χ1n) is 6.38. The number of esters is 1. The summed E-state index contributed by atoms with van der Waals surface area (Å²) in [7, 11) is 1.29. The number of benzene rings is 2. The van der Waals surface area contributed by atoms with Gasteiger partial charge >= 0.3 is 5.97 Å². The van der Waals surface area contributed by atoms with Crippen molar-refractivity contribution in [3.05, 3.63) is 59.2 Å². The van der Waals surface area contributed by atoms with Crippen LogP contribution in [0.25, 0.3) is 0 Å². The molecule has 0 fully saturated rings. The van der Waals surface area contributed by atoms with Crippen LogP contribution in [0.2, 0.25) is 0 Å². The van der Waals surface area contributed by atoms with Crippen LogP contribution in [0.1, 0.15) is 26.3 Å². The molecule has 3 N–H and O–H groups in total. The van der Waals surface area contributed by atoms with Gasteiger partial charge in [-0.25, -0.2) is 4.79 Å². The van der Waals surface area contributed by atoms with Crippen molar-refractivity contribution in [1.29, 1.82) is 0 Å². The van der Waals surface area contributed by atoms with E-state index in [1.165, 1.54) is 7.11 Å². The zero-order valence-corrected chi connectivity index (χ0v) is 11.8. The highest BCUT2D eigenvalue weighted by Gasteiger charge is 2.16. The molecular formula is C16H16N2O3. The van der Waals surface area contributed by atoms with Gasteiger partial charge in [0.25, 0.3) is 5.91 Å². The van der Waals surface area contributed by atoms with E-state index in [4.69, 9.17) is 10.5 Å². The van der Waals surface area contributed by atoms with E-state index in [0.717, 1.165) is 5.56 Å². The van der Waals surface area contributed by atoms with Crippen LogP contribution in [0, 0.1) is 6.92 Å². The van der Waals surface area contributed by atoms with E-state index in [2.05, 4.69) is 5.32 Å². The predicted molar refractivity (Wildman–Crippen MR) is 81.3 cm³/mol. The quantitative estimate of drug-likeness (QED) is 0.670. The van der Waals surface area contributed by atoms with Gasteiger partial charge in [-0.15, -0.1) is 0 Å². The molecule has 0 aromatic heterocycles. The Hall–Kier alpha value is -2.82. The van der Waals surface area contributed by atoms with Crippen LogP contribution in [0.3, 0.4) is 0 Å². The second-order valence-electron chi connectivity index (χ2n) is 4.53. The lowest BCUT2D eigenvalue weighted by molar-refractivity contribution is 0.0602. The third kappa shape index (κ3) is 3.02. The van der Waals surface area contributed by atoms with Crippen molar-refractivity contribution in [2.24, 2.45) is 0 Å². The van der Waals surface area contributed by atoms with Crippen molar-refractivity contribution >= 4 is 23.3 Å². The minimum atomic E-state index is -0.511. The summed E-state index contributed by atoms with van der Waals surface area (Å²) in [5.74, 6) is -0.879. The van der Waals surface area contributed by atoms with E-state index < -0.39 is 5.97 Å². The zero-order valence-electron chi connectivity index (χ0n) is 11.8. The van der Waals surface area contributed by atoms with Crippen LogP contribution in [0.4, 0.5) is 11.4 Å². The molecule has 0 radical (unpaired) electrons. The Bertz CT molecular complexity index is 696. The molecular weight excluding hydrogens is 268 g/mol. The number of amides is 1. The first kappa shape index (κ1) is 14.6. The van der Waals surface area contributed by atoms with Crippen molar-refractivity contribution in [3.63, 3.8) is 0 Å². The Morgan fingerprint density at radius 2 is 1.71 bits per heavy atom. The lowest BCUT2D eigenvalue weighted by Gasteiger charge is -2.11. The Morgan fingerprint density at radius 3 is 2.43 bits per heavy atom. The number of hydrogen-bond donors (Lipinski definition) is 2. The molecule has 0 unspecified atom stereocenters. The fourth-order valence-corrected chi connectivity index (χ4v) is 1.95. The van der Waals surface area contributed by atoms with Crippen molar-refractivity contribution in [2.45, 2.75) is 6.92 Å². The monoisotopic (exact) mass is 284 g/mol. The Labute approximate surface area is 122 Å². The van der Waals surface area contributed by atoms with Crippen molar-refractivity contribution in [2.75, 3.05) is 18.2 Å². The van der Waals surface area contributed by atoms with Crippen molar-refractivity contribution < 1.29 is 14.3 Å². The maximum absolute atomic E-state index is 12.3. The third-order valence-electron chi connectivity index (χ3n) is 3.15. The summed E-state index contributed by atoms with van der Waals surface area (Å²) in [5.41, 5.74) is 8.20. The van der Waals surface area contributed by atoms with Crippen LogP contribution in [0.15, 0.2) is 42.5 Å². The number of nitrogens with one attached hydrogen (secondary N) is 1. The molecule has 0 aliphatic carbocycles. The SMILES string of the molecule is COC(=O)c1ccccc1NC(=O)c1cccc(C)c1N. The van der Waals surface area contributed by atoms with Crippen LogP contribution < -0.4 is 11.1 Å². The van der Waals surface area contributed by atoms with Gasteiger partial charge in [-0.3, -0.25) is 4.79 Å². The number of ether oxygens (including phenoxy) is 1. The molecule has 2 aromatic carbocycles. The molecule has 0 bridgehead atoms. The number of methoxy groups -OCH3 is 1. The van der Waals surface area contributed by atoms with E-state index in [-0.39, 0.29) is 5.91 Å². The summed E-state index contributed by atoms with van der Waals surface area (Å²) in [4.78, 5) is 24.0. The standard InChI is InChI=1S/C16H16N2O3/c1-10-6-5-8-12(14(10)17)15(19)18-13-9-4-3-7-11(13)16(20)21-2/h3-9H,17H2,1-2H3,(H,18,19). The molecule has 5 nitrogen and oxygen atoms in total. The van der Waals surface area contributed by atoms with E-state index in [0.29, 0.717) is 22.5 Å². The molecule has 108 valence electrons. The summed E-state index contributed by atoms with van der Waals surface area (Å²) in [6, 6.07) is 11.9. The van der Waals surface area contributed by atoms with E-state index in [9.17, 15) is 9.59 Å². The summed E-state index contributed by atoms with van der Waals surface area (Å²) >= 11 is 0. The number of aryl methyl sites for hydroxylation is 1. The topological polar surface area (TPSA) is 81.4 Å². The molecule has 0 aliphatic rings. The number of para-hydroxylation sites is 2. The van der Waals surface area contributed by atoms with Gasteiger partial charge in [-0.05, 0) is 30.7 Å². The Balaban J connectivity index is 2.32. The van der Waals surface area contributed by atoms with Crippen LogP contribution in [-0.2, 0) is 4.74 Å². The van der Waals surface area contributed by atoms with Gasteiger partial charge in [0.05, 0.1) is 23.9 Å². The first-order valence-corrected chi connectivity index (χ1v) is 6.38. The van der Waals surface area contributed by atoms with Crippen molar-refractivity contribution in [1.82, 2.24) is 0 Å². The molecule has 0 spiro atoms. The predicted octanol–water partition coefficient (Wildman–Crippen LogP) is 2.62. The molecule has 0 saturated carbocycles. The maximum atomic E-state index is 12.3. The number of hydrogen-bond acceptors (Lipinski definition) is 4. The van der Waals surface area contributed by atoms with Gasteiger partial charge < -0.3 is 15.8 Å². The minimum Gasteiger partial charge on any atom is -0.465 e. The lowest BCUT2D eigenvalue weighted by Crippen LogP contribution is -2.17. The van der Waals surface area contributed by atoms with E-state index in [1.807, 2.05) is 13.0 Å². The summed E-state index contributed by atoms with van der Waals surface area (Å²) in [6.45, 7) is 1.83. The Morgan fingerprint density at radius 1 is 1.05 bits per heavy atom. The number of rotatable bonds is 3. The lowest BCUT2D eigenvalue weighted by atomic mass is 10.1. The highest BCUT2D eigenvalue weighted by molar-refractivity contribution is 6.10. The number of nitrogen functional groups attached to an aromatic ring is 1. The molecule has 0 heterocycles. The molecule has 2 aromatic rings. The molecule has 5 heteroatoms. The number of anilines is 2. The largest absolute Gasteiger partial charge is 0.465 e. The normalized spacial score (nSPS) is 10.0. The number of carbonyl (C=O) groups excluding carboxylic acids is 2. The van der Waals surface area contributed by atoms with Gasteiger partial charge in [0.15, 0.2) is 0 Å². The molecule has 2 rings (SSSR count). The van der Waals surface area contributed by atoms with Crippen molar-refractivity contribution in [3.8, 4) is 0 Å². The third-order valence-corrected chi connectivity index (χ3v) is 3.15. The highest BCUT2D eigenvalue weighted by Crippen LogP contribution is 2.20. The molecule has 21 heavy (non-hydrogen) atoms. The van der Waals surface area contributed by atoms with Gasteiger partial charge in [0.2, 0.25) is 0 Å². The average Bonchev–Trinajstić information content (AvgIpc) is 2.49. The van der Waals surface area contributed by atoms with Gasteiger partial charge in [0.1, 0.15) is 0 Å². The fourth-order valence-electron chi connectivity index (χ4n) is 1.95. The van der Waals surface area contributed by atoms with Gasteiger partial charge in [-0.1, -0.05) is 24.3 Å². The summed E-state index contributed by atoms with van der Waals surface area (Å²) in [6.07, 6.45) is 0. The molecule has 1 amide bonds. The smallest absolute Gasteiger partial charge is 0.339 e. The maximum Gasteiger partial charge on any atom is 0.339 e. The van der Waals surface area contributed by atoms with Gasteiger partial charge in [-0.2, -0.15) is 0 Å². The van der Waals surface area contributed by atoms with Crippen LogP contribution >= 0.6 is 0 Å². The fraction of sp³-hybridized carbons (Fsp3) is 0.125. The zero-order chi connectivity index (χ0) is 15.4. The molecule has 0 aliphatic heterocycles. The van der Waals surface area contributed by atoms with Gasteiger partial charge in [0, 0.05) is 5.69 Å². The number of carbonyl (C=O) groups is 2. The minimum absolute atomic E-state index is 0.291. The van der Waals surface area contributed by atoms with Crippen LogP contribution in [0.5, 0.6) is 0 Å².